The monoisotopic (exact) mass is 881 g/mol. The van der Waals surface area contributed by atoms with Crippen LogP contribution >= 0.6 is 0 Å². The molecule has 0 unspecified atom stereocenters. The molecule has 8 aromatic rings. The van der Waals surface area contributed by atoms with Gasteiger partial charge in [-0.3, -0.25) is 4.98 Å². The molecule has 8 rings (SSSR count). The van der Waals surface area contributed by atoms with Crippen LogP contribution in [0.3, 0.4) is 0 Å². The van der Waals surface area contributed by atoms with E-state index >= 15 is 0 Å². The van der Waals surface area contributed by atoms with Gasteiger partial charge in [-0.25, -0.2) is 4.98 Å². The molecule has 1 radical (unpaired) electrons. The third-order valence-corrected chi connectivity index (χ3v) is 9.34. The second kappa shape index (κ2) is 15.2. The first-order valence-electron chi connectivity index (χ1n) is 20.7. The number of rotatable bonds is 5. The van der Waals surface area contributed by atoms with Crippen LogP contribution in [0, 0.1) is 25.8 Å². The first kappa shape index (κ1) is 30.5. The van der Waals surface area contributed by atoms with Gasteiger partial charge in [0.1, 0.15) is 5.58 Å². The van der Waals surface area contributed by atoms with Gasteiger partial charge >= 0.3 is 0 Å². The number of fused-ring (bicyclic) bond motifs is 4. The molecule has 6 heteroatoms. The van der Waals surface area contributed by atoms with Crippen molar-refractivity contribution in [1.82, 2.24) is 19.5 Å². The van der Waals surface area contributed by atoms with Crippen molar-refractivity contribution in [3.63, 3.8) is 0 Å². The van der Waals surface area contributed by atoms with Gasteiger partial charge in [-0.15, -0.1) is 53.6 Å². The SMILES string of the molecule is CC(C)c1cccc(C(C)C)c1-n1c(-c2[c-]ccc3c2oc2ccccc23)nc2cc(C(C)(C)C)cnc21.[2H]C([2H])([2H])c1c[c-]c(-c2ccc(C([2H])([2H])[2H])cn2)cc1.[Ir]. The summed E-state index contributed by atoms with van der Waals surface area (Å²) in [5, 5.41) is 2.16. The molecule has 5 nitrogen and oxygen atoms in total. The minimum absolute atomic E-state index is 0. The number of hydrogen-bond acceptors (Lipinski definition) is 4. The maximum absolute atomic E-state index is 7.28. The molecule has 0 N–H and O–H groups in total. The van der Waals surface area contributed by atoms with E-state index in [0.29, 0.717) is 23.1 Å². The summed E-state index contributed by atoms with van der Waals surface area (Å²) in [7, 11) is 0. The largest absolute Gasteiger partial charge is 0.501 e. The summed E-state index contributed by atoms with van der Waals surface area (Å²) in [6.07, 6.45) is 3.30. The Morgan fingerprint density at radius 2 is 1.51 bits per heavy atom. The van der Waals surface area contributed by atoms with Crippen molar-refractivity contribution in [1.29, 1.82) is 0 Å². The molecular formula is C47H46IrN4O-2. The van der Waals surface area contributed by atoms with Crippen molar-refractivity contribution in [3.05, 3.63) is 143 Å². The molecule has 0 spiro atoms. The maximum atomic E-state index is 7.28. The molecule has 0 aliphatic rings. The van der Waals surface area contributed by atoms with E-state index in [2.05, 4.69) is 113 Å². The van der Waals surface area contributed by atoms with Crippen LogP contribution in [0.2, 0.25) is 0 Å². The van der Waals surface area contributed by atoms with Crippen LogP contribution in [-0.2, 0) is 25.5 Å². The fraction of sp³-hybridized carbons (Fsp3) is 0.255. The molecule has 271 valence electrons. The topological polar surface area (TPSA) is 56.7 Å². The van der Waals surface area contributed by atoms with Crippen molar-refractivity contribution in [2.75, 3.05) is 0 Å². The molecule has 4 aromatic carbocycles. The third kappa shape index (κ3) is 7.49. The molecule has 0 saturated carbocycles. The fourth-order valence-electron chi connectivity index (χ4n) is 6.52. The van der Waals surface area contributed by atoms with E-state index in [1.165, 1.54) is 35.5 Å². The molecule has 0 fully saturated rings. The molecule has 4 aromatic heterocycles. The van der Waals surface area contributed by atoms with Gasteiger partial charge < -0.3 is 14.0 Å². The zero-order valence-corrected chi connectivity index (χ0v) is 33.4. The summed E-state index contributed by atoms with van der Waals surface area (Å²) >= 11 is 0. The molecule has 0 atom stereocenters. The summed E-state index contributed by atoms with van der Waals surface area (Å²) in [5.41, 5.74) is 10.6. The molecule has 0 aliphatic heterocycles. The fourth-order valence-corrected chi connectivity index (χ4v) is 6.52. The van der Waals surface area contributed by atoms with Crippen LogP contribution in [-0.4, -0.2) is 19.5 Å². The van der Waals surface area contributed by atoms with Crippen LogP contribution in [0.4, 0.5) is 0 Å². The molecule has 0 amide bonds. The number of furan rings is 1. The van der Waals surface area contributed by atoms with E-state index in [4.69, 9.17) is 22.6 Å². The number of nitrogens with zero attached hydrogens (tertiary/aromatic N) is 4. The number of para-hydroxylation sites is 2. The Hall–Kier alpha value is -4.90. The van der Waals surface area contributed by atoms with Crippen molar-refractivity contribution >= 4 is 33.1 Å². The van der Waals surface area contributed by atoms with E-state index in [0.717, 1.165) is 55.7 Å². The van der Waals surface area contributed by atoms with Gasteiger partial charge in [0, 0.05) is 51.8 Å². The van der Waals surface area contributed by atoms with Gasteiger partial charge in [-0.05, 0) is 64.2 Å². The van der Waals surface area contributed by atoms with Crippen LogP contribution in [0.25, 0.3) is 61.4 Å². The van der Waals surface area contributed by atoms with Crippen molar-refractivity contribution in [2.45, 2.75) is 79.4 Å². The number of imidazole rings is 1. The summed E-state index contributed by atoms with van der Waals surface area (Å²) < 4.78 is 52.4. The van der Waals surface area contributed by atoms with Crippen LogP contribution in [0.5, 0.6) is 0 Å². The average molecular weight is 881 g/mol. The van der Waals surface area contributed by atoms with E-state index in [-0.39, 0.29) is 36.6 Å². The van der Waals surface area contributed by atoms with Crippen molar-refractivity contribution in [3.8, 4) is 28.3 Å². The number of aromatic nitrogens is 4. The van der Waals surface area contributed by atoms with Gasteiger partial charge in [0.2, 0.25) is 0 Å². The summed E-state index contributed by atoms with van der Waals surface area (Å²) in [4.78, 5) is 14.4. The summed E-state index contributed by atoms with van der Waals surface area (Å²) in [5.74, 6) is 1.46. The number of benzene rings is 4. The van der Waals surface area contributed by atoms with Gasteiger partial charge in [0.15, 0.2) is 5.65 Å². The predicted molar refractivity (Wildman–Crippen MR) is 215 cm³/mol. The normalized spacial score (nSPS) is 13.8. The summed E-state index contributed by atoms with van der Waals surface area (Å²) in [6.45, 7) is 11.3. The number of hydrogen-bond donors (Lipinski definition) is 0. The first-order valence-corrected chi connectivity index (χ1v) is 17.7. The number of pyridine rings is 2. The van der Waals surface area contributed by atoms with Gasteiger partial charge in [-0.1, -0.05) is 115 Å². The second-order valence-corrected chi connectivity index (χ2v) is 14.8. The van der Waals surface area contributed by atoms with E-state index in [1.807, 2.05) is 24.4 Å². The molecule has 0 bridgehead atoms. The second-order valence-electron chi connectivity index (χ2n) is 14.8. The minimum atomic E-state index is -2.18. The Kier molecular flexibility index (Phi) is 8.77. The standard InChI is InChI=1S/C34H34N3O.C13H12N.Ir/c1-20(2)23-13-10-14-24(21(3)4)30(23)37-32(36-28-18-22(34(5,6)7)19-35-33(28)37)27-16-11-15-26-25-12-8-9-17-29(25)38-31(26)27;1-10-3-6-12(7-4-10)13-8-5-11(2)9-14-13;/h8-15,17-21H,1-7H3;3-6,8-9H,1-2H3;/q2*-1;/i;1D3,2D3;. The van der Waals surface area contributed by atoms with Crippen LogP contribution < -0.4 is 0 Å². The number of aryl methyl sites for hydroxylation is 2. The predicted octanol–water partition coefficient (Wildman–Crippen LogP) is 12.5. The van der Waals surface area contributed by atoms with Gasteiger partial charge in [-0.2, -0.15) is 0 Å². The summed E-state index contributed by atoms with van der Waals surface area (Å²) in [6, 6.07) is 35.0. The molecule has 4 heterocycles. The smallest absolute Gasteiger partial charge is 0.155 e. The van der Waals surface area contributed by atoms with Crippen molar-refractivity contribution < 1.29 is 32.7 Å². The van der Waals surface area contributed by atoms with E-state index < -0.39 is 13.7 Å². The first-order chi connectivity index (χ1) is 27.3. The molecule has 0 aliphatic carbocycles. The third-order valence-electron chi connectivity index (χ3n) is 9.34. The van der Waals surface area contributed by atoms with Crippen LogP contribution in [0.15, 0.2) is 108 Å². The van der Waals surface area contributed by atoms with E-state index in [9.17, 15) is 0 Å². The van der Waals surface area contributed by atoms with Crippen molar-refractivity contribution in [2.24, 2.45) is 0 Å². The molecular weight excluding hydrogens is 829 g/mol. The Morgan fingerprint density at radius 3 is 2.15 bits per heavy atom. The zero-order valence-electron chi connectivity index (χ0n) is 37.0. The average Bonchev–Trinajstić information content (AvgIpc) is 3.75. The Labute approximate surface area is 335 Å². The van der Waals surface area contributed by atoms with E-state index in [1.54, 1.807) is 12.1 Å². The quantitative estimate of drug-likeness (QED) is 0.162. The van der Waals surface area contributed by atoms with Crippen LogP contribution in [0.1, 0.15) is 96.3 Å². The Bertz CT molecular complexity index is 2660. The minimum Gasteiger partial charge on any atom is -0.501 e. The zero-order chi connectivity index (χ0) is 41.7. The molecule has 53 heavy (non-hydrogen) atoms. The Morgan fingerprint density at radius 1 is 0.774 bits per heavy atom. The van der Waals surface area contributed by atoms with Gasteiger partial charge in [0.05, 0.1) is 16.9 Å². The Balaban J connectivity index is 0.000000236. The maximum Gasteiger partial charge on any atom is 0.155 e. The molecule has 0 saturated heterocycles. The van der Waals surface area contributed by atoms with Gasteiger partial charge in [0.25, 0.3) is 0 Å².